The highest BCUT2D eigenvalue weighted by molar-refractivity contribution is 7.11. The Balaban J connectivity index is 2.60. The highest BCUT2D eigenvalue weighted by atomic mass is 35.5. The smallest absolute Gasteiger partial charge is 0.128 e. The van der Waals surface area contributed by atoms with Crippen LogP contribution in [-0.2, 0) is 0 Å². The number of nitrogens with two attached hydrogens (primary N) is 1. The fourth-order valence-electron chi connectivity index (χ4n) is 1.37. The lowest BCUT2D eigenvalue weighted by Crippen LogP contribution is -1.88. The monoisotopic (exact) mass is 268 g/mol. The molecule has 0 saturated carbocycles. The van der Waals surface area contributed by atoms with Crippen LogP contribution < -0.4 is 5.73 Å². The predicted molar refractivity (Wildman–Crippen MR) is 68.9 cm³/mol. The first-order valence-corrected chi connectivity index (χ1v) is 5.99. The van der Waals surface area contributed by atoms with Gasteiger partial charge in [-0.15, -0.1) is 11.3 Å². The molecule has 1 aromatic heterocycles. The van der Waals surface area contributed by atoms with E-state index in [1.165, 1.54) is 11.3 Å². The number of thiophene rings is 1. The first-order valence-electron chi connectivity index (χ1n) is 4.36. The molecule has 0 fully saturated rings. The first-order chi connectivity index (χ1) is 7.63. The van der Waals surface area contributed by atoms with Gasteiger partial charge in [0.05, 0.1) is 5.69 Å². The number of hydrogen-bond donors (Lipinski definition) is 1. The summed E-state index contributed by atoms with van der Waals surface area (Å²) in [7, 11) is 0. The average Bonchev–Trinajstić information content (AvgIpc) is 2.60. The second-order valence-corrected chi connectivity index (χ2v) is 4.85. The summed E-state index contributed by atoms with van der Waals surface area (Å²) >= 11 is 13.2. The minimum atomic E-state index is 0.469. The third-order valence-corrected chi connectivity index (χ3v) is 3.60. The van der Waals surface area contributed by atoms with Crippen molar-refractivity contribution in [1.29, 1.82) is 5.26 Å². The van der Waals surface area contributed by atoms with Crippen LogP contribution in [0.3, 0.4) is 0 Å². The molecule has 2 rings (SSSR count). The van der Waals surface area contributed by atoms with Gasteiger partial charge in [0, 0.05) is 26.6 Å². The average molecular weight is 269 g/mol. The van der Waals surface area contributed by atoms with Crippen LogP contribution in [0.4, 0.5) is 5.69 Å². The SMILES string of the molecule is N#Cc1scc(-c2ccc(Cl)cc2Cl)c1N. The van der Waals surface area contributed by atoms with Crippen molar-refractivity contribution in [2.45, 2.75) is 0 Å². The van der Waals surface area contributed by atoms with E-state index in [9.17, 15) is 0 Å². The number of nitriles is 1. The number of anilines is 1. The number of rotatable bonds is 1. The molecule has 0 amide bonds. The van der Waals surface area contributed by atoms with Gasteiger partial charge in [0.25, 0.3) is 0 Å². The van der Waals surface area contributed by atoms with Crippen molar-refractivity contribution in [1.82, 2.24) is 0 Å². The second kappa shape index (κ2) is 4.34. The summed E-state index contributed by atoms with van der Waals surface area (Å²) in [5.41, 5.74) is 7.89. The highest BCUT2D eigenvalue weighted by Gasteiger charge is 2.12. The van der Waals surface area contributed by atoms with Crippen LogP contribution >= 0.6 is 34.5 Å². The molecule has 0 bridgehead atoms. The molecule has 80 valence electrons. The van der Waals surface area contributed by atoms with Crippen LogP contribution in [0, 0.1) is 11.3 Å². The lowest BCUT2D eigenvalue weighted by atomic mass is 10.1. The van der Waals surface area contributed by atoms with Crippen LogP contribution in [-0.4, -0.2) is 0 Å². The largest absolute Gasteiger partial charge is 0.396 e. The van der Waals surface area contributed by atoms with Crippen molar-refractivity contribution in [3.63, 3.8) is 0 Å². The molecule has 0 unspecified atom stereocenters. The van der Waals surface area contributed by atoms with Gasteiger partial charge in [-0.1, -0.05) is 29.3 Å². The maximum atomic E-state index is 8.82. The summed E-state index contributed by atoms with van der Waals surface area (Å²) in [6.07, 6.45) is 0. The van der Waals surface area contributed by atoms with Crippen molar-refractivity contribution >= 4 is 40.2 Å². The van der Waals surface area contributed by atoms with Gasteiger partial charge in [-0.3, -0.25) is 0 Å². The molecule has 2 nitrogen and oxygen atoms in total. The van der Waals surface area contributed by atoms with Crippen molar-refractivity contribution in [2.75, 3.05) is 5.73 Å². The summed E-state index contributed by atoms with van der Waals surface area (Å²) in [5.74, 6) is 0. The third kappa shape index (κ3) is 1.88. The number of hydrogen-bond acceptors (Lipinski definition) is 3. The molecule has 16 heavy (non-hydrogen) atoms. The molecule has 0 atom stereocenters. The standard InChI is InChI=1S/C11H6Cl2N2S/c12-6-1-2-7(9(13)3-6)8-5-16-10(4-14)11(8)15/h1-3,5H,15H2. The topological polar surface area (TPSA) is 49.8 Å². The molecule has 0 aliphatic heterocycles. The Labute approximate surface area is 107 Å². The maximum absolute atomic E-state index is 8.82. The Morgan fingerprint density at radius 3 is 2.56 bits per heavy atom. The summed E-state index contributed by atoms with van der Waals surface area (Å²) < 4.78 is 0. The quantitative estimate of drug-likeness (QED) is 0.844. The Hall–Kier alpha value is -1.21. The van der Waals surface area contributed by atoms with Gasteiger partial charge in [-0.2, -0.15) is 5.26 Å². The zero-order valence-electron chi connectivity index (χ0n) is 8.00. The normalized spacial score (nSPS) is 10.1. The van der Waals surface area contributed by atoms with Crippen LogP contribution in [0.15, 0.2) is 23.6 Å². The van der Waals surface area contributed by atoms with E-state index in [0.29, 0.717) is 20.6 Å². The third-order valence-electron chi connectivity index (χ3n) is 2.15. The number of benzene rings is 1. The first kappa shape index (κ1) is 11.3. The summed E-state index contributed by atoms with van der Waals surface area (Å²) in [4.78, 5) is 0.501. The number of halogens is 2. The zero-order valence-corrected chi connectivity index (χ0v) is 10.3. The van der Waals surface area contributed by atoms with E-state index in [4.69, 9.17) is 34.2 Å². The van der Waals surface area contributed by atoms with Crippen LogP contribution in [0.5, 0.6) is 0 Å². The Kier molecular flexibility index (Phi) is 3.06. The molecule has 1 aromatic carbocycles. The zero-order chi connectivity index (χ0) is 11.7. The van der Waals surface area contributed by atoms with Gasteiger partial charge in [0.2, 0.25) is 0 Å². The van der Waals surface area contributed by atoms with Gasteiger partial charge in [-0.25, -0.2) is 0 Å². The van der Waals surface area contributed by atoms with Crippen LogP contribution in [0.25, 0.3) is 11.1 Å². The molecule has 2 N–H and O–H groups in total. The van der Waals surface area contributed by atoms with Gasteiger partial charge < -0.3 is 5.73 Å². The van der Waals surface area contributed by atoms with E-state index < -0.39 is 0 Å². The summed E-state index contributed by atoms with van der Waals surface area (Å²) in [5, 5.41) is 11.7. The van der Waals surface area contributed by atoms with Crippen molar-refractivity contribution in [3.05, 3.63) is 38.5 Å². The molecule has 0 saturated heterocycles. The van der Waals surface area contributed by atoms with Crippen molar-refractivity contribution < 1.29 is 0 Å². The van der Waals surface area contributed by atoms with Crippen LogP contribution in [0.1, 0.15) is 4.88 Å². The fourth-order valence-corrected chi connectivity index (χ4v) is 2.66. The van der Waals surface area contributed by atoms with Gasteiger partial charge in [-0.05, 0) is 12.1 Å². The molecular formula is C11H6Cl2N2S. The number of nitrogen functional groups attached to an aromatic ring is 1. The molecule has 0 aliphatic rings. The molecule has 0 spiro atoms. The fraction of sp³-hybridized carbons (Fsp3) is 0. The lowest BCUT2D eigenvalue weighted by Gasteiger charge is -2.03. The van der Waals surface area contributed by atoms with Gasteiger partial charge in [0.1, 0.15) is 10.9 Å². The molecule has 2 aromatic rings. The molecular weight excluding hydrogens is 263 g/mol. The van der Waals surface area contributed by atoms with Crippen LogP contribution in [0.2, 0.25) is 10.0 Å². The second-order valence-electron chi connectivity index (χ2n) is 3.13. The van der Waals surface area contributed by atoms with E-state index in [2.05, 4.69) is 0 Å². The van der Waals surface area contributed by atoms with Gasteiger partial charge >= 0.3 is 0 Å². The molecule has 0 radical (unpaired) electrons. The molecule has 1 heterocycles. The van der Waals surface area contributed by atoms with E-state index in [1.54, 1.807) is 18.2 Å². The Morgan fingerprint density at radius 2 is 2.00 bits per heavy atom. The minimum absolute atomic E-state index is 0.469. The lowest BCUT2D eigenvalue weighted by molar-refractivity contribution is 1.52. The van der Waals surface area contributed by atoms with Crippen molar-refractivity contribution in [3.8, 4) is 17.2 Å². The predicted octanol–water partition coefficient (Wildman–Crippen LogP) is 4.18. The Morgan fingerprint density at radius 1 is 1.25 bits per heavy atom. The maximum Gasteiger partial charge on any atom is 0.128 e. The van der Waals surface area contributed by atoms with E-state index >= 15 is 0 Å². The molecule has 5 heteroatoms. The highest BCUT2D eigenvalue weighted by Crippen LogP contribution is 2.38. The molecule has 0 aliphatic carbocycles. The van der Waals surface area contributed by atoms with Gasteiger partial charge in [0.15, 0.2) is 0 Å². The van der Waals surface area contributed by atoms with E-state index in [-0.39, 0.29) is 0 Å². The van der Waals surface area contributed by atoms with E-state index in [0.717, 1.165) is 11.1 Å². The Bertz CT molecular complexity index is 584. The summed E-state index contributed by atoms with van der Waals surface area (Å²) in [6, 6.07) is 7.23. The minimum Gasteiger partial charge on any atom is -0.396 e. The van der Waals surface area contributed by atoms with E-state index in [1.807, 2.05) is 11.4 Å². The van der Waals surface area contributed by atoms with Crippen molar-refractivity contribution in [2.24, 2.45) is 0 Å². The number of nitrogens with zero attached hydrogens (tertiary/aromatic N) is 1. The summed E-state index contributed by atoms with van der Waals surface area (Å²) in [6.45, 7) is 0.